The van der Waals surface area contributed by atoms with Gasteiger partial charge in [0.25, 0.3) is 5.89 Å². The van der Waals surface area contributed by atoms with E-state index < -0.39 is 0 Å². The number of hydrogen-bond donors (Lipinski definition) is 1. The molecule has 0 bridgehead atoms. The van der Waals surface area contributed by atoms with Crippen molar-refractivity contribution >= 4 is 0 Å². The third kappa shape index (κ3) is 2.63. The van der Waals surface area contributed by atoms with Gasteiger partial charge < -0.3 is 9.63 Å². The van der Waals surface area contributed by atoms with Crippen LogP contribution in [0.5, 0.6) is 5.75 Å². The van der Waals surface area contributed by atoms with E-state index in [-0.39, 0.29) is 5.75 Å². The molecular weight excluding hydrogens is 266 g/mol. The Morgan fingerprint density at radius 1 is 0.905 bits per heavy atom. The molecule has 0 radical (unpaired) electrons. The fraction of sp³-hybridized carbons (Fsp3) is 0.188. The standard InChI is InChI=1S/C16H15N3O2/c1-9-6-12(4-5-14(9)20)16-18-15(19-21-16)13-7-10(2)17-11(3)8-13/h4-8,20H,1-3H3. The third-order valence-electron chi connectivity index (χ3n) is 3.21. The van der Waals surface area contributed by atoms with Gasteiger partial charge in [0.1, 0.15) is 5.75 Å². The lowest BCUT2D eigenvalue weighted by atomic mass is 10.1. The number of phenols is 1. The normalized spacial score (nSPS) is 10.8. The van der Waals surface area contributed by atoms with E-state index in [2.05, 4.69) is 15.1 Å². The van der Waals surface area contributed by atoms with Crippen LogP contribution in [-0.2, 0) is 0 Å². The first-order chi connectivity index (χ1) is 10.0. The molecule has 2 heterocycles. The second kappa shape index (κ2) is 5.01. The summed E-state index contributed by atoms with van der Waals surface area (Å²) in [7, 11) is 0. The first kappa shape index (κ1) is 13.3. The van der Waals surface area contributed by atoms with Gasteiger partial charge in [-0.1, -0.05) is 5.16 Å². The van der Waals surface area contributed by atoms with Crippen molar-refractivity contribution < 1.29 is 9.63 Å². The molecule has 3 aromatic rings. The molecule has 0 aliphatic heterocycles. The molecule has 0 aliphatic carbocycles. The molecule has 5 heteroatoms. The second-order valence-electron chi connectivity index (χ2n) is 5.06. The molecule has 0 saturated carbocycles. The van der Waals surface area contributed by atoms with Crippen molar-refractivity contribution in [3.8, 4) is 28.6 Å². The Bertz CT molecular complexity index is 789. The van der Waals surface area contributed by atoms with E-state index >= 15 is 0 Å². The van der Waals surface area contributed by atoms with Crippen molar-refractivity contribution in [1.82, 2.24) is 15.1 Å². The SMILES string of the molecule is Cc1cc(-c2noc(-c3ccc(O)c(C)c3)n2)cc(C)n1. The van der Waals surface area contributed by atoms with E-state index in [0.717, 1.165) is 28.1 Å². The maximum Gasteiger partial charge on any atom is 0.258 e. The molecule has 0 fully saturated rings. The molecule has 0 amide bonds. The fourth-order valence-corrected chi connectivity index (χ4v) is 2.21. The summed E-state index contributed by atoms with van der Waals surface area (Å²) in [6.07, 6.45) is 0. The highest BCUT2D eigenvalue weighted by Crippen LogP contribution is 2.26. The molecule has 1 N–H and O–H groups in total. The first-order valence-corrected chi connectivity index (χ1v) is 6.62. The van der Waals surface area contributed by atoms with Crippen LogP contribution in [0.4, 0.5) is 0 Å². The number of aromatic nitrogens is 3. The van der Waals surface area contributed by atoms with Crippen molar-refractivity contribution in [2.24, 2.45) is 0 Å². The van der Waals surface area contributed by atoms with Crippen molar-refractivity contribution in [2.45, 2.75) is 20.8 Å². The average molecular weight is 281 g/mol. The number of hydrogen-bond acceptors (Lipinski definition) is 5. The Morgan fingerprint density at radius 3 is 2.29 bits per heavy atom. The number of rotatable bonds is 2. The van der Waals surface area contributed by atoms with Gasteiger partial charge in [-0.2, -0.15) is 4.98 Å². The van der Waals surface area contributed by atoms with Crippen LogP contribution >= 0.6 is 0 Å². The number of aryl methyl sites for hydroxylation is 3. The zero-order valence-electron chi connectivity index (χ0n) is 12.1. The quantitative estimate of drug-likeness (QED) is 0.779. The van der Waals surface area contributed by atoms with Crippen molar-refractivity contribution in [1.29, 1.82) is 0 Å². The Kier molecular flexibility index (Phi) is 3.17. The van der Waals surface area contributed by atoms with E-state index in [4.69, 9.17) is 4.52 Å². The molecule has 21 heavy (non-hydrogen) atoms. The minimum atomic E-state index is 0.249. The smallest absolute Gasteiger partial charge is 0.258 e. The predicted octanol–water partition coefficient (Wildman–Crippen LogP) is 3.43. The molecule has 0 saturated heterocycles. The van der Waals surface area contributed by atoms with E-state index in [9.17, 15) is 5.11 Å². The lowest BCUT2D eigenvalue weighted by Crippen LogP contribution is -1.89. The number of aromatic hydroxyl groups is 1. The molecule has 3 rings (SSSR count). The highest BCUT2D eigenvalue weighted by molar-refractivity contribution is 5.61. The second-order valence-corrected chi connectivity index (χ2v) is 5.06. The maximum atomic E-state index is 9.56. The minimum Gasteiger partial charge on any atom is -0.508 e. The summed E-state index contributed by atoms with van der Waals surface area (Å²) in [5.74, 6) is 1.21. The van der Waals surface area contributed by atoms with E-state index in [1.165, 1.54) is 0 Å². The van der Waals surface area contributed by atoms with Gasteiger partial charge in [-0.25, -0.2) is 0 Å². The lowest BCUT2D eigenvalue weighted by Gasteiger charge is -2.00. The number of phenolic OH excluding ortho intramolecular Hbond substituents is 1. The number of benzene rings is 1. The molecular formula is C16H15N3O2. The van der Waals surface area contributed by atoms with Crippen LogP contribution in [0, 0.1) is 20.8 Å². The third-order valence-corrected chi connectivity index (χ3v) is 3.21. The topological polar surface area (TPSA) is 72.0 Å². The van der Waals surface area contributed by atoms with Crippen LogP contribution in [0.2, 0.25) is 0 Å². The first-order valence-electron chi connectivity index (χ1n) is 6.62. The van der Waals surface area contributed by atoms with Crippen molar-refractivity contribution in [3.05, 3.63) is 47.3 Å². The van der Waals surface area contributed by atoms with Crippen LogP contribution in [-0.4, -0.2) is 20.2 Å². The Morgan fingerprint density at radius 2 is 1.62 bits per heavy atom. The molecule has 1 aromatic carbocycles. The minimum absolute atomic E-state index is 0.249. The summed E-state index contributed by atoms with van der Waals surface area (Å²) in [5, 5.41) is 13.6. The highest BCUT2D eigenvalue weighted by Gasteiger charge is 2.12. The predicted molar refractivity (Wildman–Crippen MR) is 78.8 cm³/mol. The summed E-state index contributed by atoms with van der Waals surface area (Å²) in [5.41, 5.74) is 4.26. The molecule has 0 aliphatic rings. The summed E-state index contributed by atoms with van der Waals surface area (Å²) >= 11 is 0. The maximum absolute atomic E-state index is 9.56. The zero-order valence-corrected chi connectivity index (χ0v) is 12.1. The van der Waals surface area contributed by atoms with Gasteiger partial charge in [0.05, 0.1) is 0 Å². The molecule has 2 aromatic heterocycles. The van der Waals surface area contributed by atoms with Crippen LogP contribution in [0.25, 0.3) is 22.8 Å². The van der Waals surface area contributed by atoms with Crippen molar-refractivity contribution in [2.75, 3.05) is 0 Å². The molecule has 0 spiro atoms. The number of pyridine rings is 1. The van der Waals surface area contributed by atoms with Gasteiger partial charge >= 0.3 is 0 Å². The van der Waals surface area contributed by atoms with E-state index in [1.54, 1.807) is 12.1 Å². The monoisotopic (exact) mass is 281 g/mol. The highest BCUT2D eigenvalue weighted by atomic mass is 16.5. The zero-order chi connectivity index (χ0) is 15.0. The molecule has 0 unspecified atom stereocenters. The van der Waals surface area contributed by atoms with Gasteiger partial charge in [0.15, 0.2) is 0 Å². The largest absolute Gasteiger partial charge is 0.508 e. The summed E-state index contributed by atoms with van der Waals surface area (Å²) < 4.78 is 5.32. The average Bonchev–Trinajstić information content (AvgIpc) is 2.90. The Labute approximate surface area is 122 Å². The summed E-state index contributed by atoms with van der Waals surface area (Å²) in [6, 6.07) is 9.03. The number of nitrogens with zero attached hydrogens (tertiary/aromatic N) is 3. The van der Waals surface area contributed by atoms with Gasteiger partial charge in [-0.15, -0.1) is 0 Å². The fourth-order valence-electron chi connectivity index (χ4n) is 2.21. The van der Waals surface area contributed by atoms with Gasteiger partial charge in [-0.05, 0) is 56.7 Å². The van der Waals surface area contributed by atoms with Crippen LogP contribution in [0.15, 0.2) is 34.9 Å². The van der Waals surface area contributed by atoms with Gasteiger partial charge in [0, 0.05) is 22.5 Å². The van der Waals surface area contributed by atoms with E-state index in [0.29, 0.717) is 11.7 Å². The lowest BCUT2D eigenvalue weighted by molar-refractivity contribution is 0.432. The molecule has 0 atom stereocenters. The van der Waals surface area contributed by atoms with Crippen LogP contribution in [0.1, 0.15) is 17.0 Å². The van der Waals surface area contributed by atoms with Gasteiger partial charge in [0.2, 0.25) is 5.82 Å². The van der Waals surface area contributed by atoms with Crippen molar-refractivity contribution in [3.63, 3.8) is 0 Å². The Balaban J connectivity index is 2.01. The Hall–Kier alpha value is -2.69. The summed E-state index contributed by atoms with van der Waals surface area (Å²) in [6.45, 7) is 5.69. The molecule has 5 nitrogen and oxygen atoms in total. The molecule has 106 valence electrons. The van der Waals surface area contributed by atoms with Gasteiger partial charge in [-0.3, -0.25) is 4.98 Å². The van der Waals surface area contributed by atoms with Crippen LogP contribution in [0.3, 0.4) is 0 Å². The van der Waals surface area contributed by atoms with E-state index in [1.807, 2.05) is 39.0 Å². The summed E-state index contributed by atoms with van der Waals surface area (Å²) in [4.78, 5) is 8.75. The van der Waals surface area contributed by atoms with Crippen LogP contribution < -0.4 is 0 Å².